The molecule has 0 amide bonds. The van der Waals surface area contributed by atoms with Crippen LogP contribution in [0.1, 0.15) is 33.4 Å². The molecule has 0 N–H and O–H groups in total. The summed E-state index contributed by atoms with van der Waals surface area (Å²) in [7, 11) is -7.75. The summed E-state index contributed by atoms with van der Waals surface area (Å²) in [5, 5.41) is 3.78. The van der Waals surface area contributed by atoms with Gasteiger partial charge in [0.1, 0.15) is 0 Å². The van der Waals surface area contributed by atoms with Gasteiger partial charge in [-0.25, -0.2) is 0 Å². The summed E-state index contributed by atoms with van der Waals surface area (Å²) in [6.07, 6.45) is 0. The van der Waals surface area contributed by atoms with Crippen molar-refractivity contribution >= 4 is 45.9 Å². The number of aryl methyl sites for hydroxylation is 6. The second-order valence-corrected chi connectivity index (χ2v) is 70.3. The van der Waals surface area contributed by atoms with E-state index in [-0.39, 0.29) is 0 Å². The highest BCUT2D eigenvalue weighted by Gasteiger charge is 2.80. The van der Waals surface area contributed by atoms with E-state index >= 15 is 0 Å². The van der Waals surface area contributed by atoms with E-state index < -0.39 is 35.5 Å². The molecule has 1 heterocycles. The SMILES string of the molecule is Cc1cc(C)c([Si]2(c3c(C)cc(C)cc3C)[Si](C)(C)[Si](C)(C)[Si](C)(C)[Si]2(C)C)c(C)c1. The van der Waals surface area contributed by atoms with Crippen LogP contribution >= 0.6 is 0 Å². The van der Waals surface area contributed by atoms with Crippen molar-refractivity contribution in [2.45, 2.75) is 93.9 Å². The zero-order valence-electron chi connectivity index (χ0n) is 22.8. The van der Waals surface area contributed by atoms with Crippen molar-refractivity contribution in [3.05, 3.63) is 57.6 Å². The van der Waals surface area contributed by atoms with Crippen molar-refractivity contribution in [3.8, 4) is 0 Å². The predicted octanol–water partition coefficient (Wildman–Crippen LogP) is 6.34. The molecule has 3 rings (SSSR count). The molecule has 0 atom stereocenters. The molecule has 170 valence electrons. The largest absolute Gasteiger partial charge is 0.0999 e. The normalized spacial score (nSPS) is 22.5. The van der Waals surface area contributed by atoms with Gasteiger partial charge in [0.25, 0.3) is 0 Å². The minimum absolute atomic E-state index is 1.35. The van der Waals surface area contributed by atoms with Crippen LogP contribution in [0, 0.1) is 41.5 Å². The van der Waals surface area contributed by atoms with E-state index in [0.29, 0.717) is 0 Å². The van der Waals surface area contributed by atoms with Gasteiger partial charge < -0.3 is 0 Å². The molecule has 2 aromatic carbocycles. The van der Waals surface area contributed by atoms with Crippen LogP contribution in [0.4, 0.5) is 0 Å². The van der Waals surface area contributed by atoms with Crippen molar-refractivity contribution < 1.29 is 0 Å². The lowest BCUT2D eigenvalue weighted by molar-refractivity contribution is 1.33. The summed E-state index contributed by atoms with van der Waals surface area (Å²) >= 11 is 0. The number of rotatable bonds is 2. The maximum atomic E-state index is 2.89. The van der Waals surface area contributed by atoms with Crippen molar-refractivity contribution in [1.82, 2.24) is 0 Å². The third kappa shape index (κ3) is 2.85. The Morgan fingerprint density at radius 3 is 0.839 bits per heavy atom. The van der Waals surface area contributed by atoms with Crippen LogP contribution in [0.5, 0.6) is 0 Å². The molecule has 1 aliphatic rings. The van der Waals surface area contributed by atoms with E-state index in [0.717, 1.165) is 0 Å². The van der Waals surface area contributed by atoms with Crippen LogP contribution in [0.15, 0.2) is 24.3 Å². The molecule has 1 saturated heterocycles. The molecule has 0 spiro atoms. The Hall–Kier alpha value is -0.476. The van der Waals surface area contributed by atoms with E-state index in [9.17, 15) is 0 Å². The first-order valence-electron chi connectivity index (χ1n) is 12.1. The Morgan fingerprint density at radius 1 is 0.387 bits per heavy atom. The lowest BCUT2D eigenvalue weighted by Gasteiger charge is -2.52. The summed E-state index contributed by atoms with van der Waals surface area (Å²) in [6, 6.07) is 10.1. The summed E-state index contributed by atoms with van der Waals surface area (Å²) in [5.74, 6) is 0. The summed E-state index contributed by atoms with van der Waals surface area (Å²) in [5.41, 5.74) is 9.32. The minimum Gasteiger partial charge on any atom is -0.0735 e. The molecule has 0 aliphatic carbocycles. The number of hydrogen-bond donors (Lipinski definition) is 0. The van der Waals surface area contributed by atoms with Gasteiger partial charge in [-0.05, 0) is 41.5 Å². The van der Waals surface area contributed by atoms with E-state index in [1.54, 1.807) is 22.3 Å². The van der Waals surface area contributed by atoms with Gasteiger partial charge in [0.05, 0.1) is 7.11 Å². The molecule has 0 bridgehead atoms. The van der Waals surface area contributed by atoms with Crippen molar-refractivity contribution in [2.75, 3.05) is 0 Å². The highest BCUT2D eigenvalue weighted by molar-refractivity contribution is 8.16. The van der Waals surface area contributed by atoms with Gasteiger partial charge in [-0.2, -0.15) is 0 Å². The average Bonchev–Trinajstić information content (AvgIpc) is 2.62. The third-order valence-corrected chi connectivity index (χ3v) is 132. The van der Waals surface area contributed by atoms with Gasteiger partial charge >= 0.3 is 0 Å². The fourth-order valence-corrected chi connectivity index (χ4v) is 210. The van der Waals surface area contributed by atoms with Crippen LogP contribution in [-0.4, -0.2) is 35.5 Å². The second-order valence-electron chi connectivity index (χ2n) is 12.8. The number of hydrogen-bond acceptors (Lipinski definition) is 0. The van der Waals surface area contributed by atoms with Gasteiger partial charge in [0.2, 0.25) is 0 Å². The maximum absolute atomic E-state index is 2.89. The molecule has 31 heavy (non-hydrogen) atoms. The van der Waals surface area contributed by atoms with Crippen LogP contribution in [0.25, 0.3) is 0 Å². The topological polar surface area (TPSA) is 0 Å². The van der Waals surface area contributed by atoms with E-state index in [4.69, 9.17) is 0 Å². The predicted molar refractivity (Wildman–Crippen MR) is 156 cm³/mol. The zero-order chi connectivity index (χ0) is 23.9. The first-order chi connectivity index (χ1) is 13.9. The van der Waals surface area contributed by atoms with E-state index in [2.05, 4.69) is 118 Å². The summed E-state index contributed by atoms with van der Waals surface area (Å²) < 4.78 is 0. The standard InChI is InChI=1S/C26H46Si5/c1-19-15-21(3)25(22(4)16-19)31(26-23(5)17-20(2)18-24(26)6)29(11,12)27(7,8)28(9,10)30(31,13)14/h15-18H,1-14H3. The van der Waals surface area contributed by atoms with E-state index in [1.807, 2.05) is 10.4 Å². The fourth-order valence-electron chi connectivity index (χ4n) is 8.20. The van der Waals surface area contributed by atoms with Gasteiger partial charge in [-0.3, -0.25) is 0 Å². The van der Waals surface area contributed by atoms with Crippen molar-refractivity contribution in [2.24, 2.45) is 0 Å². The molecule has 0 unspecified atom stereocenters. The summed E-state index contributed by atoms with van der Waals surface area (Å²) in [4.78, 5) is 0. The van der Waals surface area contributed by atoms with Crippen LogP contribution in [0.3, 0.4) is 0 Å². The van der Waals surface area contributed by atoms with Gasteiger partial charge in [-0.15, -0.1) is 0 Å². The van der Waals surface area contributed by atoms with Crippen LogP contribution < -0.4 is 10.4 Å². The Balaban J connectivity index is 2.72. The summed E-state index contributed by atoms with van der Waals surface area (Å²) in [6.45, 7) is 37.4. The molecule has 5 heteroatoms. The van der Waals surface area contributed by atoms with Gasteiger partial charge in [0.15, 0.2) is 0 Å². The minimum atomic E-state index is -1.93. The molecule has 2 aromatic rings. The molecule has 0 saturated carbocycles. The molecule has 0 aromatic heterocycles. The smallest absolute Gasteiger partial charge is 0.0735 e. The highest BCUT2D eigenvalue weighted by Crippen LogP contribution is 2.52. The third-order valence-electron chi connectivity index (χ3n) is 10.7. The first kappa shape index (κ1) is 25.2. The molecule has 1 fully saturated rings. The Morgan fingerprint density at radius 2 is 0.613 bits per heavy atom. The van der Waals surface area contributed by atoms with Crippen LogP contribution in [-0.2, 0) is 0 Å². The first-order valence-corrected chi connectivity index (χ1v) is 31.1. The quantitative estimate of drug-likeness (QED) is 0.424. The molecule has 1 aliphatic heterocycles. The molecule has 0 radical (unpaired) electrons. The van der Waals surface area contributed by atoms with Gasteiger partial charge in [-0.1, -0.05) is 120 Å². The Bertz CT molecular complexity index is 928. The molecular formula is C26H46Si5. The van der Waals surface area contributed by atoms with E-state index in [1.165, 1.54) is 11.1 Å². The number of benzene rings is 2. The Kier molecular flexibility index (Phi) is 5.89. The average molecular weight is 499 g/mol. The second kappa shape index (κ2) is 7.26. The lowest BCUT2D eigenvalue weighted by Crippen LogP contribution is -2.86. The monoisotopic (exact) mass is 498 g/mol. The van der Waals surface area contributed by atoms with Crippen molar-refractivity contribution in [3.63, 3.8) is 0 Å². The maximum Gasteiger partial charge on any atom is 0.0999 e. The van der Waals surface area contributed by atoms with Crippen molar-refractivity contribution in [1.29, 1.82) is 0 Å². The lowest BCUT2D eigenvalue weighted by atomic mass is 10.1. The van der Waals surface area contributed by atoms with Gasteiger partial charge in [0, 0.05) is 28.4 Å². The van der Waals surface area contributed by atoms with Crippen LogP contribution in [0.2, 0.25) is 52.4 Å². The molecule has 0 nitrogen and oxygen atoms in total. The zero-order valence-corrected chi connectivity index (χ0v) is 27.8. The molecular weight excluding hydrogens is 453 g/mol. The highest BCUT2D eigenvalue weighted by atomic mass is 30.2. The Labute approximate surface area is 196 Å². The fraction of sp³-hybridized carbons (Fsp3) is 0.538.